The van der Waals surface area contributed by atoms with Gasteiger partial charge in [-0.1, -0.05) is 15.9 Å². The molecule has 2 heterocycles. The highest BCUT2D eigenvalue weighted by molar-refractivity contribution is 9.10. The van der Waals surface area contributed by atoms with E-state index in [1.54, 1.807) is 41.6 Å². The molecule has 1 N–H and O–H groups in total. The smallest absolute Gasteiger partial charge is 0.259 e. The number of halogens is 1. The van der Waals surface area contributed by atoms with Crippen LogP contribution in [0.25, 0.3) is 0 Å². The minimum atomic E-state index is -0.163. The molecule has 0 aliphatic carbocycles. The number of nitrogens with one attached hydrogen (secondary N) is 1. The molecule has 0 bridgehead atoms. The predicted octanol–water partition coefficient (Wildman–Crippen LogP) is 4.30. The van der Waals surface area contributed by atoms with Crippen LogP contribution >= 0.6 is 15.9 Å². The molecule has 4 rings (SSSR count). The fraction of sp³-hybridized carbons (Fsp3) is 0.0952. The van der Waals surface area contributed by atoms with Crippen molar-refractivity contribution in [2.24, 2.45) is 0 Å². The van der Waals surface area contributed by atoms with Gasteiger partial charge >= 0.3 is 0 Å². The topological polar surface area (TPSA) is 62.3 Å². The van der Waals surface area contributed by atoms with Crippen molar-refractivity contribution in [3.8, 4) is 0 Å². The molecule has 134 valence electrons. The zero-order valence-corrected chi connectivity index (χ0v) is 15.9. The molecule has 6 heteroatoms. The first-order valence-electron chi connectivity index (χ1n) is 8.53. The van der Waals surface area contributed by atoms with Gasteiger partial charge in [0.05, 0.1) is 5.56 Å². The summed E-state index contributed by atoms with van der Waals surface area (Å²) in [7, 11) is 0. The van der Waals surface area contributed by atoms with Gasteiger partial charge in [-0.3, -0.25) is 14.6 Å². The van der Waals surface area contributed by atoms with Crippen LogP contribution in [-0.2, 0) is 6.42 Å². The largest absolute Gasteiger partial charge is 0.322 e. The normalized spacial score (nSPS) is 12.6. The van der Waals surface area contributed by atoms with Crippen LogP contribution < -0.4 is 10.2 Å². The molecule has 5 nitrogen and oxygen atoms in total. The number of aromatic nitrogens is 1. The van der Waals surface area contributed by atoms with Gasteiger partial charge in [-0.15, -0.1) is 0 Å². The number of carbonyl (C=O) groups excluding carboxylic acids is 2. The summed E-state index contributed by atoms with van der Waals surface area (Å²) in [6.07, 6.45) is 3.98. The highest BCUT2D eigenvalue weighted by Crippen LogP contribution is 2.31. The van der Waals surface area contributed by atoms with Gasteiger partial charge in [0.15, 0.2) is 0 Å². The van der Waals surface area contributed by atoms with Crippen molar-refractivity contribution in [1.82, 2.24) is 4.98 Å². The maximum absolute atomic E-state index is 12.7. The minimum Gasteiger partial charge on any atom is -0.322 e. The molecule has 0 saturated heterocycles. The first kappa shape index (κ1) is 17.4. The number of nitrogens with zero attached hydrogens (tertiary/aromatic N) is 2. The van der Waals surface area contributed by atoms with Gasteiger partial charge < -0.3 is 10.2 Å². The Bertz CT molecular complexity index is 1000. The van der Waals surface area contributed by atoms with Crippen molar-refractivity contribution in [3.05, 3.63) is 88.2 Å². The van der Waals surface area contributed by atoms with Crippen molar-refractivity contribution >= 4 is 39.1 Å². The summed E-state index contributed by atoms with van der Waals surface area (Å²) in [5, 5.41) is 2.92. The lowest BCUT2D eigenvalue weighted by Gasteiger charge is -2.17. The number of hydrogen-bond donors (Lipinski definition) is 1. The van der Waals surface area contributed by atoms with Crippen LogP contribution in [0, 0.1) is 0 Å². The van der Waals surface area contributed by atoms with Crippen LogP contribution in [0.5, 0.6) is 0 Å². The maximum Gasteiger partial charge on any atom is 0.259 e. The monoisotopic (exact) mass is 421 g/mol. The third-order valence-corrected chi connectivity index (χ3v) is 5.02. The van der Waals surface area contributed by atoms with E-state index in [0.29, 0.717) is 17.7 Å². The quantitative estimate of drug-likeness (QED) is 0.685. The van der Waals surface area contributed by atoms with E-state index in [9.17, 15) is 9.59 Å². The number of anilines is 2. The Morgan fingerprint density at radius 3 is 2.59 bits per heavy atom. The highest BCUT2D eigenvalue weighted by atomic mass is 79.9. The molecule has 3 aromatic rings. The molecule has 2 amide bonds. The number of hydrogen-bond acceptors (Lipinski definition) is 3. The first-order valence-corrected chi connectivity index (χ1v) is 9.33. The van der Waals surface area contributed by atoms with E-state index < -0.39 is 0 Å². The summed E-state index contributed by atoms with van der Waals surface area (Å²) in [5.74, 6) is -0.225. The average Bonchev–Trinajstić information content (AvgIpc) is 3.11. The lowest BCUT2D eigenvalue weighted by atomic mass is 10.1. The van der Waals surface area contributed by atoms with Crippen LogP contribution in [-0.4, -0.2) is 23.3 Å². The van der Waals surface area contributed by atoms with Gasteiger partial charge in [-0.2, -0.15) is 0 Å². The third kappa shape index (κ3) is 3.61. The van der Waals surface area contributed by atoms with Gasteiger partial charge in [0.1, 0.15) is 0 Å². The third-order valence-electron chi connectivity index (χ3n) is 4.49. The molecule has 0 unspecified atom stereocenters. The van der Waals surface area contributed by atoms with Gasteiger partial charge in [0, 0.05) is 40.3 Å². The summed E-state index contributed by atoms with van der Waals surface area (Å²) >= 11 is 3.36. The van der Waals surface area contributed by atoms with Gasteiger partial charge in [0.25, 0.3) is 11.8 Å². The summed E-state index contributed by atoms with van der Waals surface area (Å²) < 4.78 is 0.926. The van der Waals surface area contributed by atoms with Gasteiger partial charge in [-0.25, -0.2) is 0 Å². The van der Waals surface area contributed by atoms with E-state index in [4.69, 9.17) is 0 Å². The molecule has 2 aromatic carbocycles. The van der Waals surface area contributed by atoms with Gasteiger partial charge in [0.2, 0.25) is 0 Å². The van der Waals surface area contributed by atoms with E-state index in [1.807, 2.05) is 30.3 Å². The fourth-order valence-corrected chi connectivity index (χ4v) is 3.40. The molecule has 27 heavy (non-hydrogen) atoms. The molecule has 1 aromatic heterocycles. The second kappa shape index (κ2) is 7.32. The van der Waals surface area contributed by atoms with E-state index in [1.165, 1.54) is 0 Å². The number of carbonyl (C=O) groups is 2. The van der Waals surface area contributed by atoms with Gasteiger partial charge in [-0.05, 0) is 66.6 Å². The van der Waals surface area contributed by atoms with E-state index >= 15 is 0 Å². The summed E-state index contributed by atoms with van der Waals surface area (Å²) in [4.78, 5) is 30.9. The first-order chi connectivity index (χ1) is 13.1. The Labute approximate surface area is 165 Å². The molecule has 0 spiro atoms. The second-order valence-corrected chi connectivity index (χ2v) is 7.17. The molecule has 0 radical (unpaired) electrons. The molecule has 0 atom stereocenters. The van der Waals surface area contributed by atoms with Crippen molar-refractivity contribution in [2.45, 2.75) is 6.42 Å². The lowest BCUT2D eigenvalue weighted by Crippen LogP contribution is -2.28. The van der Waals surface area contributed by atoms with Crippen molar-refractivity contribution in [3.63, 3.8) is 0 Å². The fourth-order valence-electron chi connectivity index (χ4n) is 3.14. The van der Waals surface area contributed by atoms with E-state index in [0.717, 1.165) is 27.8 Å². The van der Waals surface area contributed by atoms with Crippen LogP contribution in [0.4, 0.5) is 11.4 Å². The zero-order valence-electron chi connectivity index (χ0n) is 14.4. The highest BCUT2D eigenvalue weighted by Gasteiger charge is 2.26. The Morgan fingerprint density at radius 2 is 1.85 bits per heavy atom. The molecule has 1 aliphatic heterocycles. The standard InChI is InChI=1S/C21H16BrN3O2/c22-17-5-3-14(4-6-17)20(26)24-18-7-8-19-15(12-18)9-11-25(19)21(27)16-2-1-10-23-13-16/h1-8,10,12-13H,9,11H2,(H,24,26). The number of fused-ring (bicyclic) bond motifs is 1. The second-order valence-electron chi connectivity index (χ2n) is 6.25. The van der Waals surface area contributed by atoms with E-state index in [-0.39, 0.29) is 11.8 Å². The van der Waals surface area contributed by atoms with E-state index in [2.05, 4.69) is 26.2 Å². The number of amides is 2. The van der Waals surface area contributed by atoms with Crippen LogP contribution in [0.2, 0.25) is 0 Å². The van der Waals surface area contributed by atoms with Crippen molar-refractivity contribution in [1.29, 1.82) is 0 Å². The Kier molecular flexibility index (Phi) is 4.73. The van der Waals surface area contributed by atoms with Crippen LogP contribution in [0.3, 0.4) is 0 Å². The molecular weight excluding hydrogens is 406 g/mol. The number of benzene rings is 2. The number of rotatable bonds is 3. The average molecular weight is 422 g/mol. The predicted molar refractivity (Wildman–Crippen MR) is 108 cm³/mol. The summed E-state index contributed by atoms with van der Waals surface area (Å²) in [6.45, 7) is 0.618. The molecule has 0 saturated carbocycles. The van der Waals surface area contributed by atoms with Crippen molar-refractivity contribution < 1.29 is 9.59 Å². The molecule has 1 aliphatic rings. The maximum atomic E-state index is 12.7. The zero-order chi connectivity index (χ0) is 18.8. The Balaban J connectivity index is 1.52. The molecular formula is C21H16BrN3O2. The SMILES string of the molecule is O=C(Nc1ccc2c(c1)CCN2C(=O)c1cccnc1)c1ccc(Br)cc1. The molecule has 0 fully saturated rings. The summed E-state index contributed by atoms with van der Waals surface area (Å²) in [5.41, 5.74) is 3.80. The summed E-state index contributed by atoms with van der Waals surface area (Å²) in [6, 6.07) is 16.4. The number of pyridine rings is 1. The Hall–Kier alpha value is -2.99. The van der Waals surface area contributed by atoms with Crippen molar-refractivity contribution in [2.75, 3.05) is 16.8 Å². The lowest BCUT2D eigenvalue weighted by molar-refractivity contribution is 0.0987. The van der Waals surface area contributed by atoms with Crippen LogP contribution in [0.1, 0.15) is 26.3 Å². The van der Waals surface area contributed by atoms with Crippen LogP contribution in [0.15, 0.2) is 71.5 Å². The Morgan fingerprint density at radius 1 is 1.04 bits per heavy atom. The minimum absolute atomic E-state index is 0.0616.